The number of benzene rings is 1. The number of piperazine rings is 1. The van der Waals surface area contributed by atoms with E-state index in [4.69, 9.17) is 28.9 Å². The van der Waals surface area contributed by atoms with Crippen molar-refractivity contribution >= 4 is 52.6 Å². The van der Waals surface area contributed by atoms with Crippen molar-refractivity contribution in [3.05, 3.63) is 28.2 Å². The second-order valence-corrected chi connectivity index (χ2v) is 10.7. The van der Waals surface area contributed by atoms with Gasteiger partial charge in [0.15, 0.2) is 0 Å². The smallest absolute Gasteiger partial charge is 0.322 e. The first kappa shape index (κ1) is 26.5. The minimum Gasteiger partial charge on any atom is -0.391 e. The molecule has 10 nitrogen and oxygen atoms in total. The van der Waals surface area contributed by atoms with Crippen molar-refractivity contribution in [2.45, 2.75) is 57.2 Å². The number of nitrogens with two attached hydrogens (primary N) is 1. The predicted octanol–water partition coefficient (Wildman–Crippen LogP) is 2.07. The molecule has 0 radical (unpaired) electrons. The Labute approximate surface area is 219 Å². The zero-order valence-corrected chi connectivity index (χ0v) is 21.6. The second-order valence-electron chi connectivity index (χ2n) is 9.91. The molecular formula is C24H31Cl2N5O5. The van der Waals surface area contributed by atoms with Gasteiger partial charge in [0, 0.05) is 31.7 Å². The van der Waals surface area contributed by atoms with Gasteiger partial charge >= 0.3 is 6.03 Å². The maximum absolute atomic E-state index is 13.1. The monoisotopic (exact) mass is 539 g/mol. The second kappa shape index (κ2) is 10.4. The summed E-state index contributed by atoms with van der Waals surface area (Å²) in [7, 11) is 0. The molecule has 3 unspecified atom stereocenters. The Balaban J connectivity index is 1.34. The Morgan fingerprint density at radius 3 is 2.50 bits per heavy atom. The summed E-state index contributed by atoms with van der Waals surface area (Å²) >= 11 is 11.9. The van der Waals surface area contributed by atoms with E-state index in [1.54, 1.807) is 17.9 Å². The molecule has 1 aromatic rings. The highest BCUT2D eigenvalue weighted by atomic mass is 35.5. The lowest BCUT2D eigenvalue weighted by molar-refractivity contribution is -0.148. The van der Waals surface area contributed by atoms with Crippen LogP contribution in [0.15, 0.2) is 18.2 Å². The summed E-state index contributed by atoms with van der Waals surface area (Å²) in [6.07, 6.45) is 2.88. The minimum absolute atomic E-state index is 0.0137. The van der Waals surface area contributed by atoms with Crippen LogP contribution in [-0.2, 0) is 14.4 Å². The lowest BCUT2D eigenvalue weighted by atomic mass is 9.90. The molecule has 3 aliphatic rings. The van der Waals surface area contributed by atoms with Gasteiger partial charge in [0.25, 0.3) is 0 Å². The fraction of sp³-hybridized carbons (Fsp3) is 0.583. The topological polar surface area (TPSA) is 136 Å². The van der Waals surface area contributed by atoms with Crippen LogP contribution in [0.25, 0.3) is 0 Å². The molecule has 196 valence electrons. The molecule has 3 fully saturated rings. The number of rotatable bonds is 6. The van der Waals surface area contributed by atoms with Crippen LogP contribution in [0.5, 0.6) is 0 Å². The number of hydrogen-bond donors (Lipinski definition) is 3. The fourth-order valence-electron chi connectivity index (χ4n) is 5.05. The Bertz CT molecular complexity index is 1070. The molecule has 2 aliphatic heterocycles. The lowest BCUT2D eigenvalue weighted by Crippen LogP contribution is -2.66. The van der Waals surface area contributed by atoms with Gasteiger partial charge in [-0.3, -0.25) is 14.4 Å². The molecule has 36 heavy (non-hydrogen) atoms. The summed E-state index contributed by atoms with van der Waals surface area (Å²) in [5, 5.41) is 13.6. The van der Waals surface area contributed by atoms with Gasteiger partial charge in [-0.1, -0.05) is 23.2 Å². The van der Waals surface area contributed by atoms with Crippen molar-refractivity contribution < 1.29 is 24.3 Å². The maximum atomic E-state index is 13.1. The molecular weight excluding hydrogens is 509 g/mol. The van der Waals surface area contributed by atoms with Crippen LogP contribution in [0, 0.1) is 5.41 Å². The first-order valence-corrected chi connectivity index (χ1v) is 12.9. The largest absolute Gasteiger partial charge is 0.391 e. The van der Waals surface area contributed by atoms with E-state index in [1.807, 2.05) is 0 Å². The Morgan fingerprint density at radius 1 is 1.17 bits per heavy atom. The number of piperidine rings is 1. The van der Waals surface area contributed by atoms with E-state index in [0.29, 0.717) is 30.2 Å². The first-order chi connectivity index (χ1) is 17.0. The summed E-state index contributed by atoms with van der Waals surface area (Å²) in [6, 6.07) is 2.16. The lowest BCUT2D eigenvalue weighted by Gasteiger charge is -2.43. The average Bonchev–Trinajstić information content (AvgIpc) is 3.61. The number of aliphatic hydroxyl groups excluding tert-OH is 1. The van der Waals surface area contributed by atoms with Gasteiger partial charge in [0.2, 0.25) is 17.7 Å². The molecule has 5 amide bonds. The zero-order valence-electron chi connectivity index (χ0n) is 20.1. The highest BCUT2D eigenvalue weighted by molar-refractivity contribution is 6.42. The summed E-state index contributed by atoms with van der Waals surface area (Å²) < 4.78 is 0. The van der Waals surface area contributed by atoms with Crippen LogP contribution in [-0.4, -0.2) is 87.9 Å². The SMILES string of the molecule is CC1C(=O)N(CCCC(=O)N2CCC3(CC3)C(O)C2)C(C(N)=O)CN1C(=O)Nc1ccc(Cl)c(Cl)c1. The third kappa shape index (κ3) is 5.40. The van der Waals surface area contributed by atoms with Crippen LogP contribution in [0.4, 0.5) is 10.5 Å². The highest BCUT2D eigenvalue weighted by Crippen LogP contribution is 2.53. The molecule has 0 aromatic heterocycles. The molecule has 0 bridgehead atoms. The van der Waals surface area contributed by atoms with Crippen LogP contribution in [0.3, 0.4) is 0 Å². The van der Waals surface area contributed by atoms with E-state index in [1.165, 1.54) is 21.9 Å². The normalized spacial score (nSPS) is 25.2. The van der Waals surface area contributed by atoms with Gasteiger partial charge in [-0.05, 0) is 56.2 Å². The van der Waals surface area contributed by atoms with Gasteiger partial charge in [-0.2, -0.15) is 0 Å². The van der Waals surface area contributed by atoms with Crippen LogP contribution in [0.1, 0.15) is 39.0 Å². The van der Waals surface area contributed by atoms with E-state index < -0.39 is 36.0 Å². The summed E-state index contributed by atoms with van der Waals surface area (Å²) in [5.74, 6) is -1.24. The number of β-amino-alcohol motifs (C(OH)–C–C–N with tert-alkyl or cyclic N) is 1. The van der Waals surface area contributed by atoms with Crippen molar-refractivity contribution in [1.82, 2.24) is 14.7 Å². The standard InChI is InChI=1S/C24H31Cl2N5O5/c1-14-22(35)30(9-2-3-20(33)29-10-8-24(6-7-24)19(32)13-29)18(21(27)34)12-31(14)23(36)28-15-4-5-16(25)17(26)11-15/h4-5,11,14,18-19,32H,2-3,6-10,12-13H2,1H3,(H2,27,34)(H,28,36). The van der Waals surface area contributed by atoms with Crippen LogP contribution in [0.2, 0.25) is 10.0 Å². The number of carbonyl (C=O) groups is 4. The average molecular weight is 540 g/mol. The third-order valence-electron chi connectivity index (χ3n) is 7.63. The highest BCUT2D eigenvalue weighted by Gasteiger charge is 2.51. The molecule has 1 aliphatic carbocycles. The Hall–Kier alpha value is -2.56. The van der Waals surface area contributed by atoms with Gasteiger partial charge in [0.1, 0.15) is 12.1 Å². The number of primary amides is 1. The number of nitrogens with one attached hydrogen (secondary N) is 1. The van der Waals surface area contributed by atoms with Gasteiger partial charge in [-0.15, -0.1) is 0 Å². The van der Waals surface area contributed by atoms with E-state index in [2.05, 4.69) is 5.32 Å². The van der Waals surface area contributed by atoms with Crippen molar-refractivity contribution in [1.29, 1.82) is 0 Å². The van der Waals surface area contributed by atoms with Crippen molar-refractivity contribution in [3.63, 3.8) is 0 Å². The molecule has 4 rings (SSSR count). The number of anilines is 1. The van der Waals surface area contributed by atoms with Gasteiger partial charge in [-0.25, -0.2) is 4.79 Å². The summed E-state index contributed by atoms with van der Waals surface area (Å²) in [5.41, 5.74) is 5.99. The number of hydrogen-bond acceptors (Lipinski definition) is 5. The van der Waals surface area contributed by atoms with E-state index in [-0.39, 0.29) is 35.9 Å². The first-order valence-electron chi connectivity index (χ1n) is 12.1. The number of urea groups is 1. The number of likely N-dealkylation sites (tertiary alicyclic amines) is 1. The molecule has 2 saturated heterocycles. The molecule has 3 atom stereocenters. The van der Waals surface area contributed by atoms with E-state index >= 15 is 0 Å². The van der Waals surface area contributed by atoms with Crippen molar-refractivity contribution in [3.8, 4) is 0 Å². The Morgan fingerprint density at radius 2 is 1.89 bits per heavy atom. The molecule has 1 aromatic carbocycles. The molecule has 1 spiro atoms. The minimum atomic E-state index is -1.02. The van der Waals surface area contributed by atoms with Crippen molar-refractivity contribution in [2.24, 2.45) is 11.1 Å². The Kier molecular flexibility index (Phi) is 7.68. The van der Waals surface area contributed by atoms with Crippen molar-refractivity contribution in [2.75, 3.05) is 31.5 Å². The van der Waals surface area contributed by atoms with Gasteiger partial charge < -0.3 is 30.9 Å². The number of nitrogens with zero attached hydrogens (tertiary/aromatic N) is 3. The zero-order chi connectivity index (χ0) is 26.2. The number of amides is 5. The number of carbonyl (C=O) groups excluding carboxylic acids is 4. The molecule has 1 saturated carbocycles. The van der Waals surface area contributed by atoms with E-state index in [0.717, 1.165) is 19.3 Å². The van der Waals surface area contributed by atoms with Crippen LogP contribution >= 0.6 is 23.2 Å². The van der Waals surface area contributed by atoms with Gasteiger partial charge in [0.05, 0.1) is 22.7 Å². The predicted molar refractivity (Wildman–Crippen MR) is 134 cm³/mol. The molecule has 4 N–H and O–H groups in total. The number of aliphatic hydroxyl groups is 1. The third-order valence-corrected chi connectivity index (χ3v) is 8.37. The number of halogens is 2. The molecule has 12 heteroatoms. The molecule has 2 heterocycles. The quantitative estimate of drug-likeness (QED) is 0.508. The van der Waals surface area contributed by atoms with E-state index in [9.17, 15) is 24.3 Å². The summed E-state index contributed by atoms with van der Waals surface area (Å²) in [6.45, 7) is 2.62. The maximum Gasteiger partial charge on any atom is 0.322 e. The van der Waals surface area contributed by atoms with Crippen LogP contribution < -0.4 is 11.1 Å². The summed E-state index contributed by atoms with van der Waals surface area (Å²) in [4.78, 5) is 55.2. The fourth-order valence-corrected chi connectivity index (χ4v) is 5.35.